The van der Waals surface area contributed by atoms with Crippen molar-refractivity contribution in [3.8, 4) is 0 Å². The molecule has 5 heteroatoms. The van der Waals surface area contributed by atoms with E-state index in [1.165, 1.54) is 6.20 Å². The van der Waals surface area contributed by atoms with Crippen LogP contribution in [-0.4, -0.2) is 16.8 Å². The Kier molecular flexibility index (Phi) is 5.11. The first-order valence-electron chi connectivity index (χ1n) is 7.45. The quantitative estimate of drug-likeness (QED) is 0.912. The van der Waals surface area contributed by atoms with E-state index in [9.17, 15) is 9.59 Å². The fourth-order valence-electron chi connectivity index (χ4n) is 1.85. The molecule has 2 rings (SSSR count). The minimum Gasteiger partial charge on any atom is -0.352 e. The summed E-state index contributed by atoms with van der Waals surface area (Å²) in [6.07, 6.45) is 3.14. The molecule has 0 aliphatic heterocycles. The molecule has 0 bridgehead atoms. The molecule has 0 saturated heterocycles. The van der Waals surface area contributed by atoms with Crippen LogP contribution in [0.5, 0.6) is 0 Å². The SMILES string of the molecule is CC(C)(C)C(=O)NCc1ccc(NC(=O)c2cccnc2)cc1. The first-order chi connectivity index (χ1) is 10.9. The lowest BCUT2D eigenvalue weighted by molar-refractivity contribution is -0.128. The van der Waals surface area contributed by atoms with Crippen LogP contribution in [0, 0.1) is 5.41 Å². The summed E-state index contributed by atoms with van der Waals surface area (Å²) in [6.45, 7) is 6.09. The highest BCUT2D eigenvalue weighted by molar-refractivity contribution is 6.04. The highest BCUT2D eigenvalue weighted by Crippen LogP contribution is 2.14. The summed E-state index contributed by atoms with van der Waals surface area (Å²) in [5.74, 6) is -0.196. The molecule has 5 nitrogen and oxygen atoms in total. The monoisotopic (exact) mass is 311 g/mol. The fourth-order valence-corrected chi connectivity index (χ4v) is 1.85. The van der Waals surface area contributed by atoms with Crippen molar-refractivity contribution < 1.29 is 9.59 Å². The molecule has 23 heavy (non-hydrogen) atoms. The maximum atomic E-state index is 12.0. The topological polar surface area (TPSA) is 71.1 Å². The molecule has 0 fully saturated rings. The summed E-state index contributed by atoms with van der Waals surface area (Å²) in [6, 6.07) is 10.8. The van der Waals surface area contributed by atoms with E-state index in [0.29, 0.717) is 17.8 Å². The highest BCUT2D eigenvalue weighted by Gasteiger charge is 2.20. The van der Waals surface area contributed by atoms with Crippen LogP contribution in [-0.2, 0) is 11.3 Å². The standard InChI is InChI=1S/C18H21N3O2/c1-18(2,3)17(23)20-11-13-6-8-15(9-7-13)21-16(22)14-5-4-10-19-12-14/h4-10,12H,11H2,1-3H3,(H,20,23)(H,21,22). The molecule has 0 radical (unpaired) electrons. The number of carbonyl (C=O) groups excluding carboxylic acids is 2. The van der Waals surface area contributed by atoms with Gasteiger partial charge in [-0.05, 0) is 29.8 Å². The normalized spacial score (nSPS) is 10.9. The smallest absolute Gasteiger partial charge is 0.257 e. The number of pyridine rings is 1. The van der Waals surface area contributed by atoms with Gasteiger partial charge in [-0.1, -0.05) is 32.9 Å². The Bertz CT molecular complexity index is 674. The highest BCUT2D eigenvalue weighted by atomic mass is 16.2. The van der Waals surface area contributed by atoms with Gasteiger partial charge >= 0.3 is 0 Å². The average molecular weight is 311 g/mol. The lowest BCUT2D eigenvalue weighted by Gasteiger charge is -2.17. The van der Waals surface area contributed by atoms with Crippen LogP contribution in [0.1, 0.15) is 36.7 Å². The van der Waals surface area contributed by atoms with Crippen molar-refractivity contribution in [3.63, 3.8) is 0 Å². The van der Waals surface area contributed by atoms with Crippen LogP contribution in [0.25, 0.3) is 0 Å². The third-order valence-electron chi connectivity index (χ3n) is 3.27. The van der Waals surface area contributed by atoms with Gasteiger partial charge in [0.25, 0.3) is 5.91 Å². The summed E-state index contributed by atoms with van der Waals surface area (Å²) in [7, 11) is 0. The average Bonchev–Trinajstić information content (AvgIpc) is 2.53. The van der Waals surface area contributed by atoms with Crippen LogP contribution >= 0.6 is 0 Å². The van der Waals surface area contributed by atoms with Crippen molar-refractivity contribution in [2.45, 2.75) is 27.3 Å². The molecule has 0 unspecified atom stereocenters. The molecule has 0 atom stereocenters. The van der Waals surface area contributed by atoms with Gasteiger partial charge in [-0.2, -0.15) is 0 Å². The lowest BCUT2D eigenvalue weighted by Crippen LogP contribution is -2.34. The molecule has 2 amide bonds. The van der Waals surface area contributed by atoms with Gasteiger partial charge in [0.2, 0.25) is 5.91 Å². The number of hydrogen-bond donors (Lipinski definition) is 2. The molecule has 1 aromatic heterocycles. The number of amides is 2. The van der Waals surface area contributed by atoms with Gasteiger partial charge < -0.3 is 10.6 Å². The summed E-state index contributed by atoms with van der Waals surface area (Å²) in [4.78, 5) is 27.8. The Labute approximate surface area is 136 Å². The van der Waals surface area contributed by atoms with Crippen LogP contribution in [0.2, 0.25) is 0 Å². The van der Waals surface area contributed by atoms with Gasteiger partial charge in [-0.25, -0.2) is 0 Å². The molecule has 1 aromatic carbocycles. The summed E-state index contributed by atoms with van der Waals surface area (Å²) in [5, 5.41) is 5.70. The van der Waals surface area contributed by atoms with Gasteiger partial charge in [0.05, 0.1) is 5.56 Å². The molecule has 0 aliphatic rings. The minimum absolute atomic E-state index is 0.00598. The molecule has 2 N–H and O–H groups in total. The third-order valence-corrected chi connectivity index (χ3v) is 3.27. The van der Waals surface area contributed by atoms with E-state index >= 15 is 0 Å². The van der Waals surface area contributed by atoms with Gasteiger partial charge in [0, 0.05) is 30.0 Å². The Hall–Kier alpha value is -2.69. The van der Waals surface area contributed by atoms with E-state index in [2.05, 4.69) is 15.6 Å². The van der Waals surface area contributed by atoms with Gasteiger partial charge in [-0.15, -0.1) is 0 Å². The van der Waals surface area contributed by atoms with E-state index < -0.39 is 5.41 Å². The van der Waals surface area contributed by atoms with Crippen molar-refractivity contribution in [1.82, 2.24) is 10.3 Å². The van der Waals surface area contributed by atoms with Crippen LogP contribution in [0.3, 0.4) is 0 Å². The van der Waals surface area contributed by atoms with E-state index in [1.54, 1.807) is 18.3 Å². The van der Waals surface area contributed by atoms with Crippen LogP contribution in [0.15, 0.2) is 48.8 Å². The Morgan fingerprint density at radius 3 is 2.35 bits per heavy atom. The molecule has 1 heterocycles. The fraction of sp³-hybridized carbons (Fsp3) is 0.278. The zero-order chi connectivity index (χ0) is 16.9. The van der Waals surface area contributed by atoms with Crippen LogP contribution < -0.4 is 10.6 Å². The Morgan fingerprint density at radius 2 is 1.78 bits per heavy atom. The summed E-state index contributed by atoms with van der Waals surface area (Å²) >= 11 is 0. The van der Waals surface area contributed by atoms with Gasteiger partial charge in [0.15, 0.2) is 0 Å². The van der Waals surface area contributed by atoms with E-state index in [1.807, 2.05) is 45.0 Å². The molecular formula is C18H21N3O2. The van der Waals surface area contributed by atoms with Crippen molar-refractivity contribution in [2.24, 2.45) is 5.41 Å². The van der Waals surface area contributed by atoms with Crippen molar-refractivity contribution >= 4 is 17.5 Å². The number of nitrogens with zero attached hydrogens (tertiary/aromatic N) is 1. The van der Waals surface area contributed by atoms with E-state index in [-0.39, 0.29) is 11.8 Å². The summed E-state index contributed by atoms with van der Waals surface area (Å²) in [5.41, 5.74) is 1.78. The van der Waals surface area contributed by atoms with Crippen molar-refractivity contribution in [2.75, 3.05) is 5.32 Å². The number of hydrogen-bond acceptors (Lipinski definition) is 3. The molecule has 0 saturated carbocycles. The van der Waals surface area contributed by atoms with Gasteiger partial charge in [-0.3, -0.25) is 14.6 Å². The maximum Gasteiger partial charge on any atom is 0.257 e. The zero-order valence-corrected chi connectivity index (χ0v) is 13.6. The first kappa shape index (κ1) is 16.7. The predicted molar refractivity (Wildman–Crippen MR) is 89.9 cm³/mol. The number of benzene rings is 1. The zero-order valence-electron chi connectivity index (χ0n) is 13.6. The second-order valence-electron chi connectivity index (χ2n) is 6.33. The Morgan fingerprint density at radius 1 is 1.09 bits per heavy atom. The number of rotatable bonds is 4. The Balaban J connectivity index is 1.92. The van der Waals surface area contributed by atoms with Crippen molar-refractivity contribution in [1.29, 1.82) is 0 Å². The summed E-state index contributed by atoms with van der Waals surface area (Å²) < 4.78 is 0. The number of carbonyl (C=O) groups is 2. The number of nitrogens with one attached hydrogen (secondary N) is 2. The van der Waals surface area contributed by atoms with E-state index in [4.69, 9.17) is 0 Å². The molecule has 120 valence electrons. The minimum atomic E-state index is -0.405. The second kappa shape index (κ2) is 7.05. The predicted octanol–water partition coefficient (Wildman–Crippen LogP) is 3.00. The van der Waals surface area contributed by atoms with Crippen molar-refractivity contribution in [3.05, 3.63) is 59.9 Å². The molecule has 2 aromatic rings. The van der Waals surface area contributed by atoms with Crippen LogP contribution in [0.4, 0.5) is 5.69 Å². The lowest BCUT2D eigenvalue weighted by atomic mass is 9.95. The number of aromatic nitrogens is 1. The molecular weight excluding hydrogens is 290 g/mol. The van der Waals surface area contributed by atoms with E-state index in [0.717, 1.165) is 5.56 Å². The molecule has 0 spiro atoms. The number of anilines is 1. The van der Waals surface area contributed by atoms with Gasteiger partial charge in [0.1, 0.15) is 0 Å². The molecule has 0 aliphatic carbocycles. The maximum absolute atomic E-state index is 12.0. The largest absolute Gasteiger partial charge is 0.352 e. The second-order valence-corrected chi connectivity index (χ2v) is 6.33. The third kappa shape index (κ3) is 4.92. The first-order valence-corrected chi connectivity index (χ1v) is 7.45.